The molecular formula is C51H84N12O10. The Kier molecular flexibility index (Phi) is 17.0. The molecule has 5 fully saturated rings. The van der Waals surface area contributed by atoms with Crippen LogP contribution in [-0.2, 0) is 23.8 Å². The van der Waals surface area contributed by atoms with Gasteiger partial charge in [-0.25, -0.2) is 4.79 Å². The highest BCUT2D eigenvalue weighted by Crippen LogP contribution is 2.32. The molecule has 5 aliphatic rings. The van der Waals surface area contributed by atoms with Crippen LogP contribution in [0, 0.1) is 39.2 Å². The molecule has 8 heterocycles. The normalized spacial score (nSPS) is 26.4. The molecule has 4 unspecified atom stereocenters. The van der Waals surface area contributed by atoms with Crippen molar-refractivity contribution >= 4 is 18.0 Å². The van der Waals surface area contributed by atoms with Crippen LogP contribution in [0.2, 0.25) is 0 Å². The lowest BCUT2D eigenvalue weighted by Gasteiger charge is -2.32. The number of ether oxygens (including phenoxy) is 3. The standard InChI is InChI=1S/C14H24O4.C13H21N3O3.3C8H13N3O/c1-5-17-12(15)10-7-6-8-11(9-10)13(16)18-14(2,3)4;1-9-14-11(19-15-9)10-6-5-7-16(8-10)12(17)18-13(2,3)4;3*1-6-10-8(12-11-6)7-3-2-4-9-5-7/h10-11H,5-9H2,1-4H3;10H,5-8H2,1-4H3;3*7,9H,2-5H2,1H3/t;;2*7-;/m..10./s1/i;4*1D3. The molecule has 22 nitrogen and oxygen atoms in total. The van der Waals surface area contributed by atoms with Crippen LogP contribution in [-0.4, -0.2) is 134 Å². The van der Waals surface area contributed by atoms with Crippen LogP contribution in [0.4, 0.5) is 4.79 Å². The highest BCUT2D eigenvalue weighted by Gasteiger charge is 2.35. The number of aromatic nitrogens is 8. The van der Waals surface area contributed by atoms with Gasteiger partial charge in [-0.2, -0.15) is 19.9 Å². The number of carbonyl (C=O) groups is 3. The van der Waals surface area contributed by atoms with Gasteiger partial charge in [-0.1, -0.05) is 27.0 Å². The number of rotatable bonds is 7. The van der Waals surface area contributed by atoms with E-state index >= 15 is 0 Å². The molecule has 22 heteroatoms. The van der Waals surface area contributed by atoms with Crippen LogP contribution in [0.3, 0.4) is 0 Å². The summed E-state index contributed by atoms with van der Waals surface area (Å²) < 4.78 is 122. The van der Waals surface area contributed by atoms with Crippen LogP contribution < -0.4 is 16.0 Å². The lowest BCUT2D eigenvalue weighted by atomic mass is 9.81. The summed E-state index contributed by atoms with van der Waals surface area (Å²) in [5.41, 5.74) is -1.02. The number of hydrogen-bond donors (Lipinski definition) is 3. The predicted octanol–water partition coefficient (Wildman–Crippen LogP) is 7.73. The topological polar surface area (TPSA) is 274 Å². The van der Waals surface area contributed by atoms with Gasteiger partial charge in [0, 0.05) is 49.2 Å². The minimum atomic E-state index is -2.39. The van der Waals surface area contributed by atoms with Crippen LogP contribution in [0.25, 0.3) is 0 Å². The highest BCUT2D eigenvalue weighted by molar-refractivity contribution is 5.76. The van der Waals surface area contributed by atoms with E-state index in [2.05, 4.69) is 56.5 Å². The third-order valence-electron chi connectivity index (χ3n) is 12.2. The summed E-state index contributed by atoms with van der Waals surface area (Å²) in [5.74, 6) is 0.350. The molecular weight excluding hydrogens is 941 g/mol. The van der Waals surface area contributed by atoms with Gasteiger partial charge in [0.2, 0.25) is 23.6 Å². The summed E-state index contributed by atoms with van der Waals surface area (Å²) in [6.45, 7) is 10.3. The van der Waals surface area contributed by atoms with Crippen molar-refractivity contribution in [2.45, 2.75) is 188 Å². The van der Waals surface area contributed by atoms with Crippen molar-refractivity contribution in [2.75, 3.05) is 59.0 Å². The molecule has 0 aromatic carbocycles. The van der Waals surface area contributed by atoms with E-state index in [0.29, 0.717) is 43.8 Å². The number of amides is 1. The van der Waals surface area contributed by atoms with Crippen molar-refractivity contribution in [3.05, 3.63) is 46.9 Å². The fourth-order valence-electron chi connectivity index (χ4n) is 8.73. The summed E-state index contributed by atoms with van der Waals surface area (Å²) in [4.78, 5) is 53.1. The van der Waals surface area contributed by atoms with Gasteiger partial charge >= 0.3 is 18.0 Å². The number of hydrogen-bond acceptors (Lipinski definition) is 21. The first-order valence-corrected chi connectivity index (χ1v) is 25.5. The van der Waals surface area contributed by atoms with E-state index in [1.54, 1.807) is 11.8 Å². The molecule has 1 saturated carbocycles. The molecule has 0 radical (unpaired) electrons. The Balaban J connectivity index is 0.000000196. The number of piperidine rings is 4. The van der Waals surface area contributed by atoms with Gasteiger partial charge in [0.1, 0.15) is 11.2 Å². The second kappa shape index (κ2) is 28.9. The maximum Gasteiger partial charge on any atom is 0.410 e. The molecule has 1 amide bonds. The molecule has 0 bridgehead atoms. The Morgan fingerprint density at radius 1 is 0.562 bits per heavy atom. The predicted molar refractivity (Wildman–Crippen MR) is 268 cm³/mol. The largest absolute Gasteiger partial charge is 0.466 e. The summed E-state index contributed by atoms with van der Waals surface area (Å²) >= 11 is 0. The Labute approximate surface area is 447 Å². The molecule has 73 heavy (non-hydrogen) atoms. The van der Waals surface area contributed by atoms with Crippen molar-refractivity contribution in [3.63, 3.8) is 0 Å². The maximum absolute atomic E-state index is 12.1. The van der Waals surface area contributed by atoms with Crippen LogP contribution in [0.5, 0.6) is 0 Å². The molecule has 6 atom stereocenters. The molecule has 3 N–H and O–H groups in total. The summed E-state index contributed by atoms with van der Waals surface area (Å²) in [7, 11) is 0. The second-order valence-corrected chi connectivity index (χ2v) is 20.6. The Morgan fingerprint density at radius 2 is 0.959 bits per heavy atom. The smallest absolute Gasteiger partial charge is 0.410 e. The molecule has 4 aliphatic heterocycles. The number of nitrogens with zero attached hydrogens (tertiary/aromatic N) is 9. The first-order chi connectivity index (χ1) is 39.6. The van der Waals surface area contributed by atoms with E-state index < -0.39 is 38.6 Å². The van der Waals surface area contributed by atoms with Crippen molar-refractivity contribution in [2.24, 2.45) is 11.8 Å². The Bertz CT molecular complexity index is 2510. The van der Waals surface area contributed by atoms with Gasteiger partial charge in [0.15, 0.2) is 23.3 Å². The summed E-state index contributed by atoms with van der Waals surface area (Å²) in [6, 6.07) is 0. The number of likely N-dealkylation sites (tertiary alicyclic amines) is 1. The number of nitrogens with one attached hydrogen (secondary N) is 3. The zero-order chi connectivity index (χ0) is 63.0. The lowest BCUT2D eigenvalue weighted by Crippen LogP contribution is -2.42. The number of esters is 2. The fraction of sp³-hybridized carbons (Fsp3) is 0.784. The summed E-state index contributed by atoms with van der Waals surface area (Å²) in [6.07, 6.45) is 10.3. The van der Waals surface area contributed by atoms with E-state index in [-0.39, 0.29) is 82.7 Å². The van der Waals surface area contributed by atoms with Gasteiger partial charge in [0.05, 0.1) is 42.1 Å². The zero-order valence-corrected chi connectivity index (χ0v) is 43.4. The first-order valence-electron chi connectivity index (χ1n) is 31.5. The van der Waals surface area contributed by atoms with Crippen LogP contribution in [0.1, 0.15) is 212 Å². The SMILES string of the molecule is CCOC(=O)C1CCCC(C(=O)OC(C)(C)C)C1.[2H]C([2H])([2H])c1noc(C2CCCN(C(=O)OC(C)(C)C)C2)n1.[2H]C([2H])([2H])c1noc(C2CCCNC2)n1.[2H]C([2H])([2H])c1noc([C@@H]2CCCNC2)n1.[2H]C([2H])([2H])c1noc([C@H]2CCCNC2)n1. The third kappa shape index (κ3) is 20.8. The van der Waals surface area contributed by atoms with E-state index in [0.717, 1.165) is 110 Å². The van der Waals surface area contributed by atoms with Crippen LogP contribution in [0.15, 0.2) is 18.1 Å². The zero-order valence-electron chi connectivity index (χ0n) is 55.4. The van der Waals surface area contributed by atoms with Gasteiger partial charge in [-0.3, -0.25) is 9.59 Å². The van der Waals surface area contributed by atoms with Crippen molar-refractivity contribution in [1.82, 2.24) is 61.4 Å². The van der Waals surface area contributed by atoms with Gasteiger partial charge < -0.3 is 53.2 Å². The number of aryl methyl sites for hydroxylation is 4. The number of carbonyl (C=O) groups excluding carboxylic acids is 3. The van der Waals surface area contributed by atoms with Gasteiger partial charge in [-0.15, -0.1) is 0 Å². The van der Waals surface area contributed by atoms with E-state index in [1.807, 2.05) is 41.5 Å². The van der Waals surface area contributed by atoms with E-state index in [1.165, 1.54) is 0 Å². The molecule has 9 rings (SSSR count). The average molecular weight is 1040 g/mol. The quantitative estimate of drug-likeness (QED) is 0.118. The Hall–Kier alpha value is -5.35. The first kappa shape index (κ1) is 42.9. The van der Waals surface area contributed by atoms with E-state index in [4.69, 9.17) is 48.8 Å². The maximum atomic E-state index is 12.1. The van der Waals surface area contributed by atoms with E-state index in [9.17, 15) is 14.4 Å². The lowest BCUT2D eigenvalue weighted by molar-refractivity contribution is -0.163. The van der Waals surface area contributed by atoms with Crippen LogP contribution >= 0.6 is 0 Å². The second-order valence-electron chi connectivity index (χ2n) is 20.6. The van der Waals surface area contributed by atoms with Gasteiger partial charge in [-0.05, 0) is 166 Å². The molecule has 4 aromatic rings. The minimum Gasteiger partial charge on any atom is -0.466 e. The fourth-order valence-corrected chi connectivity index (χ4v) is 8.73. The van der Waals surface area contributed by atoms with Gasteiger partial charge in [0.25, 0.3) is 0 Å². The molecule has 4 aromatic heterocycles. The monoisotopic (exact) mass is 1040 g/mol. The van der Waals surface area contributed by atoms with Crippen molar-refractivity contribution in [3.8, 4) is 0 Å². The van der Waals surface area contributed by atoms with Crippen molar-refractivity contribution in [1.29, 1.82) is 0 Å². The average Bonchev–Trinajstić information content (AvgIpc) is 4.49. The Morgan fingerprint density at radius 3 is 1.32 bits per heavy atom. The summed E-state index contributed by atoms with van der Waals surface area (Å²) in [5, 5.41) is 23.6. The highest BCUT2D eigenvalue weighted by atomic mass is 16.6. The van der Waals surface area contributed by atoms with Crippen molar-refractivity contribution < 1.29 is 63.1 Å². The minimum absolute atomic E-state index is 0.142. The molecule has 1 aliphatic carbocycles. The third-order valence-corrected chi connectivity index (χ3v) is 12.2. The molecule has 4 saturated heterocycles. The molecule has 0 spiro atoms. The molecule has 408 valence electrons.